The van der Waals surface area contributed by atoms with Crippen LogP contribution >= 0.6 is 0 Å². The molecule has 0 atom stereocenters. The van der Waals surface area contributed by atoms with Gasteiger partial charge in [0.25, 0.3) is 0 Å². The zero-order valence-corrected chi connectivity index (χ0v) is 10.7. The molecule has 19 heavy (non-hydrogen) atoms. The van der Waals surface area contributed by atoms with Crippen LogP contribution in [-0.4, -0.2) is 28.4 Å². The highest BCUT2D eigenvalue weighted by Gasteiger charge is 2.23. The van der Waals surface area contributed by atoms with Gasteiger partial charge in [0, 0.05) is 30.8 Å². The van der Waals surface area contributed by atoms with Crippen molar-refractivity contribution in [1.29, 1.82) is 0 Å². The molecule has 7 heteroatoms. The summed E-state index contributed by atoms with van der Waals surface area (Å²) in [5.41, 5.74) is 0.615. The Morgan fingerprint density at radius 1 is 1.53 bits per heavy atom. The van der Waals surface area contributed by atoms with Crippen molar-refractivity contribution < 1.29 is 9.72 Å². The van der Waals surface area contributed by atoms with Gasteiger partial charge in [-0.15, -0.1) is 0 Å². The summed E-state index contributed by atoms with van der Waals surface area (Å²) in [5, 5.41) is 16.5. The largest absolute Gasteiger partial charge is 0.364 e. The van der Waals surface area contributed by atoms with Crippen molar-refractivity contribution in [1.82, 2.24) is 10.3 Å². The van der Waals surface area contributed by atoms with Crippen LogP contribution in [0.2, 0.25) is 0 Å². The van der Waals surface area contributed by atoms with Crippen LogP contribution in [0.25, 0.3) is 0 Å². The number of amides is 1. The smallest absolute Gasteiger partial charge is 0.311 e. The molecule has 0 radical (unpaired) electrons. The molecule has 2 rings (SSSR count). The first-order valence-electron chi connectivity index (χ1n) is 6.21. The summed E-state index contributed by atoms with van der Waals surface area (Å²) in [7, 11) is 0. The van der Waals surface area contributed by atoms with Crippen LogP contribution in [0.4, 0.5) is 11.5 Å². The third-order valence-electron chi connectivity index (χ3n) is 2.80. The molecule has 1 aliphatic rings. The van der Waals surface area contributed by atoms with Crippen LogP contribution in [0.3, 0.4) is 0 Å². The number of rotatable bonds is 6. The second-order valence-corrected chi connectivity index (χ2v) is 4.60. The molecule has 1 aliphatic carbocycles. The van der Waals surface area contributed by atoms with Crippen molar-refractivity contribution >= 4 is 17.4 Å². The number of aryl methyl sites for hydroxylation is 1. The number of hydrogen-bond acceptors (Lipinski definition) is 5. The number of nitro groups is 1. The number of anilines is 1. The third-order valence-corrected chi connectivity index (χ3v) is 2.80. The first-order valence-corrected chi connectivity index (χ1v) is 6.21. The van der Waals surface area contributed by atoms with Gasteiger partial charge in [-0.25, -0.2) is 4.98 Å². The molecule has 0 saturated heterocycles. The minimum Gasteiger partial charge on any atom is -0.364 e. The van der Waals surface area contributed by atoms with Gasteiger partial charge in [0.15, 0.2) is 0 Å². The summed E-state index contributed by atoms with van der Waals surface area (Å²) in [6.07, 6.45) is 2.37. The number of pyridine rings is 1. The van der Waals surface area contributed by atoms with E-state index in [1.807, 2.05) is 0 Å². The maximum Gasteiger partial charge on any atom is 0.311 e. The van der Waals surface area contributed by atoms with Gasteiger partial charge in [-0.05, 0) is 25.8 Å². The Kier molecular flexibility index (Phi) is 3.94. The molecule has 7 nitrogen and oxygen atoms in total. The van der Waals surface area contributed by atoms with E-state index in [0.717, 1.165) is 12.8 Å². The van der Waals surface area contributed by atoms with E-state index in [2.05, 4.69) is 15.6 Å². The highest BCUT2D eigenvalue weighted by atomic mass is 16.6. The normalized spacial score (nSPS) is 13.9. The van der Waals surface area contributed by atoms with Crippen LogP contribution in [0.1, 0.15) is 25.0 Å². The zero-order chi connectivity index (χ0) is 13.8. The minimum atomic E-state index is -0.487. The maximum absolute atomic E-state index is 11.5. The Morgan fingerprint density at radius 2 is 2.26 bits per heavy atom. The molecule has 1 aromatic rings. The molecule has 102 valence electrons. The Morgan fingerprint density at radius 3 is 2.89 bits per heavy atom. The summed E-state index contributed by atoms with van der Waals surface area (Å²) in [5.74, 6) is 0.175. The van der Waals surface area contributed by atoms with Crippen molar-refractivity contribution in [3.8, 4) is 0 Å². The van der Waals surface area contributed by atoms with Gasteiger partial charge in [-0.3, -0.25) is 14.9 Å². The van der Waals surface area contributed by atoms with Crippen LogP contribution in [0, 0.1) is 17.0 Å². The fraction of sp³-hybridized carbons (Fsp3) is 0.500. The summed E-state index contributed by atoms with van der Waals surface area (Å²) in [6, 6.07) is 3.33. The summed E-state index contributed by atoms with van der Waals surface area (Å²) in [6.45, 7) is 2.09. The summed E-state index contributed by atoms with van der Waals surface area (Å²) >= 11 is 0. The SMILES string of the molecule is Cc1ccc([N+](=O)[O-])c(NCCC(=O)NC2CC2)n1. The van der Waals surface area contributed by atoms with Crippen LogP contribution in [0.15, 0.2) is 12.1 Å². The Balaban J connectivity index is 1.88. The third kappa shape index (κ3) is 3.90. The molecule has 0 aliphatic heterocycles. The summed E-state index contributed by atoms with van der Waals surface area (Å²) < 4.78 is 0. The number of nitrogens with zero attached hydrogens (tertiary/aromatic N) is 2. The van der Waals surface area contributed by atoms with Gasteiger partial charge in [0.05, 0.1) is 4.92 Å². The van der Waals surface area contributed by atoms with Crippen molar-refractivity contribution in [2.45, 2.75) is 32.2 Å². The lowest BCUT2D eigenvalue weighted by atomic mass is 10.3. The van der Waals surface area contributed by atoms with Crippen LogP contribution < -0.4 is 10.6 Å². The number of aromatic nitrogens is 1. The van der Waals surface area contributed by atoms with E-state index in [1.165, 1.54) is 6.07 Å². The van der Waals surface area contributed by atoms with Gasteiger partial charge < -0.3 is 10.6 Å². The van der Waals surface area contributed by atoms with Crippen LogP contribution in [-0.2, 0) is 4.79 Å². The van der Waals surface area contributed by atoms with Gasteiger partial charge in [-0.2, -0.15) is 0 Å². The Bertz CT molecular complexity index is 500. The van der Waals surface area contributed by atoms with Crippen molar-refractivity contribution in [3.63, 3.8) is 0 Å². The maximum atomic E-state index is 11.5. The molecule has 0 aromatic carbocycles. The molecule has 1 amide bonds. The van der Waals surface area contributed by atoms with Crippen molar-refractivity contribution in [2.75, 3.05) is 11.9 Å². The van der Waals surface area contributed by atoms with E-state index in [0.29, 0.717) is 18.3 Å². The van der Waals surface area contributed by atoms with Gasteiger partial charge >= 0.3 is 5.69 Å². The topological polar surface area (TPSA) is 97.2 Å². The molecule has 1 saturated carbocycles. The molecule has 2 N–H and O–H groups in total. The molecular formula is C12H16N4O3. The molecule has 1 fully saturated rings. The average molecular weight is 264 g/mol. The van der Waals surface area contributed by atoms with Crippen molar-refractivity contribution in [2.24, 2.45) is 0 Å². The first-order chi connectivity index (χ1) is 9.06. The monoisotopic (exact) mass is 264 g/mol. The summed E-state index contributed by atoms with van der Waals surface area (Å²) in [4.78, 5) is 25.9. The van der Waals surface area contributed by atoms with Gasteiger partial charge in [-0.1, -0.05) is 0 Å². The molecule has 0 bridgehead atoms. The second kappa shape index (κ2) is 5.64. The highest BCUT2D eigenvalue weighted by molar-refractivity contribution is 5.77. The quantitative estimate of drug-likeness (QED) is 0.597. The second-order valence-electron chi connectivity index (χ2n) is 4.60. The lowest BCUT2D eigenvalue weighted by Crippen LogP contribution is -2.27. The van der Waals surface area contributed by atoms with E-state index in [1.54, 1.807) is 13.0 Å². The van der Waals surface area contributed by atoms with E-state index >= 15 is 0 Å². The first kappa shape index (κ1) is 13.3. The molecular weight excluding hydrogens is 248 g/mol. The fourth-order valence-corrected chi connectivity index (χ4v) is 1.65. The van der Waals surface area contributed by atoms with E-state index in [4.69, 9.17) is 0 Å². The number of carbonyl (C=O) groups excluding carboxylic acids is 1. The lowest BCUT2D eigenvalue weighted by molar-refractivity contribution is -0.384. The fourth-order valence-electron chi connectivity index (χ4n) is 1.65. The molecule has 1 heterocycles. The number of nitrogens with one attached hydrogen (secondary N) is 2. The van der Waals surface area contributed by atoms with Gasteiger partial charge in [0.2, 0.25) is 11.7 Å². The Labute approximate surface area is 110 Å². The molecule has 1 aromatic heterocycles. The van der Waals surface area contributed by atoms with E-state index < -0.39 is 4.92 Å². The minimum absolute atomic E-state index is 0.0368. The number of hydrogen-bond donors (Lipinski definition) is 2. The zero-order valence-electron chi connectivity index (χ0n) is 10.7. The average Bonchev–Trinajstić information content (AvgIpc) is 3.12. The highest BCUT2D eigenvalue weighted by Crippen LogP contribution is 2.22. The molecule has 0 spiro atoms. The predicted molar refractivity (Wildman–Crippen MR) is 69.9 cm³/mol. The molecule has 0 unspecified atom stereocenters. The van der Waals surface area contributed by atoms with E-state index in [9.17, 15) is 14.9 Å². The lowest BCUT2D eigenvalue weighted by Gasteiger charge is -2.07. The van der Waals surface area contributed by atoms with Crippen LogP contribution in [0.5, 0.6) is 0 Å². The van der Waals surface area contributed by atoms with E-state index in [-0.39, 0.29) is 23.8 Å². The number of carbonyl (C=O) groups is 1. The predicted octanol–water partition coefficient (Wildman–Crippen LogP) is 1.38. The van der Waals surface area contributed by atoms with Crippen molar-refractivity contribution in [3.05, 3.63) is 27.9 Å². The van der Waals surface area contributed by atoms with Gasteiger partial charge in [0.1, 0.15) is 0 Å². The Hall–Kier alpha value is -2.18. The standard InChI is InChI=1S/C12H16N4O3/c1-8-2-5-10(16(18)19)12(14-8)13-7-6-11(17)15-9-3-4-9/h2,5,9H,3-4,6-7H2,1H3,(H,13,14)(H,15,17).